The lowest BCUT2D eigenvalue weighted by Crippen LogP contribution is -2.00. The van der Waals surface area contributed by atoms with Crippen LogP contribution in [0, 0.1) is 0 Å². The maximum absolute atomic E-state index is 11.8. The summed E-state index contributed by atoms with van der Waals surface area (Å²) in [5.74, 6) is -0.147. The maximum Gasteiger partial charge on any atom is 0.344 e. The minimum absolute atomic E-state index is 0.147. The molecule has 18 heavy (non-hydrogen) atoms. The Morgan fingerprint density at radius 2 is 1.89 bits per heavy atom. The van der Waals surface area contributed by atoms with Crippen molar-refractivity contribution in [2.24, 2.45) is 0 Å². The van der Waals surface area contributed by atoms with Crippen LogP contribution in [0.5, 0.6) is 5.75 Å². The van der Waals surface area contributed by atoms with Crippen LogP contribution in [-0.2, 0) is 0 Å². The number of rotatable bonds is 0. The van der Waals surface area contributed by atoms with Gasteiger partial charge in [-0.2, -0.15) is 0 Å². The molecule has 3 aromatic rings. The lowest BCUT2D eigenvalue weighted by Gasteiger charge is -2.05. The van der Waals surface area contributed by atoms with Crippen LogP contribution in [0.2, 0.25) is 5.02 Å². The Labute approximate surface area is 106 Å². The summed E-state index contributed by atoms with van der Waals surface area (Å²) in [6.45, 7) is 0. The quantitative estimate of drug-likeness (QED) is 0.371. The van der Waals surface area contributed by atoms with Crippen LogP contribution in [0.4, 0.5) is 5.69 Å². The number of hydrogen-bond donors (Lipinski definition) is 2. The van der Waals surface area contributed by atoms with E-state index < -0.39 is 5.63 Å². The van der Waals surface area contributed by atoms with E-state index in [1.165, 1.54) is 6.07 Å². The minimum Gasteiger partial charge on any atom is -0.506 e. The van der Waals surface area contributed by atoms with Gasteiger partial charge in [0.2, 0.25) is 0 Å². The summed E-state index contributed by atoms with van der Waals surface area (Å²) in [6, 6.07) is 7.89. The highest BCUT2D eigenvalue weighted by Gasteiger charge is 2.10. The van der Waals surface area contributed by atoms with E-state index in [0.717, 1.165) is 5.39 Å². The first-order valence-electron chi connectivity index (χ1n) is 5.21. The molecule has 0 unspecified atom stereocenters. The Morgan fingerprint density at radius 1 is 1.11 bits per heavy atom. The summed E-state index contributed by atoms with van der Waals surface area (Å²) in [7, 11) is 0. The van der Waals surface area contributed by atoms with E-state index in [-0.39, 0.29) is 16.2 Å². The molecule has 0 aliphatic heterocycles. The third kappa shape index (κ3) is 1.50. The lowest BCUT2D eigenvalue weighted by molar-refractivity contribution is 0.476. The van der Waals surface area contributed by atoms with Gasteiger partial charge in [-0.05, 0) is 24.3 Å². The molecule has 0 saturated heterocycles. The molecular weight excluding hydrogens is 254 g/mol. The van der Waals surface area contributed by atoms with Crippen molar-refractivity contribution in [3.05, 3.63) is 45.8 Å². The number of nitrogens with two attached hydrogens (primary N) is 1. The SMILES string of the molecule is Nc1ccc2c(c1)oc(=O)c1cc(O)c(Cl)cc12. The highest BCUT2D eigenvalue weighted by atomic mass is 35.5. The van der Waals surface area contributed by atoms with Crippen molar-refractivity contribution < 1.29 is 9.52 Å². The second-order valence-corrected chi connectivity index (χ2v) is 4.40. The van der Waals surface area contributed by atoms with Gasteiger partial charge in [0, 0.05) is 22.5 Å². The van der Waals surface area contributed by atoms with Crippen molar-refractivity contribution in [1.29, 1.82) is 0 Å². The zero-order valence-electron chi connectivity index (χ0n) is 9.11. The van der Waals surface area contributed by atoms with Crippen LogP contribution in [0.25, 0.3) is 21.7 Å². The Balaban J connectivity index is 2.61. The van der Waals surface area contributed by atoms with E-state index in [0.29, 0.717) is 16.7 Å². The second kappa shape index (κ2) is 3.65. The summed E-state index contributed by atoms with van der Waals surface area (Å²) in [4.78, 5) is 11.8. The number of phenolic OH excluding ortho intramolecular Hbond substituents is 1. The molecule has 0 fully saturated rings. The van der Waals surface area contributed by atoms with Gasteiger partial charge in [0.15, 0.2) is 0 Å². The fraction of sp³-hybridized carbons (Fsp3) is 0. The molecule has 0 amide bonds. The Hall–Kier alpha value is -2.20. The molecule has 90 valence electrons. The summed E-state index contributed by atoms with van der Waals surface area (Å²) in [5.41, 5.74) is 6.02. The van der Waals surface area contributed by atoms with Crippen LogP contribution in [0.15, 0.2) is 39.5 Å². The van der Waals surface area contributed by atoms with E-state index in [2.05, 4.69) is 0 Å². The Morgan fingerprint density at radius 3 is 2.67 bits per heavy atom. The normalized spacial score (nSPS) is 11.2. The van der Waals surface area contributed by atoms with Crippen LogP contribution in [0.1, 0.15) is 0 Å². The van der Waals surface area contributed by atoms with Gasteiger partial charge in [-0.15, -0.1) is 0 Å². The van der Waals surface area contributed by atoms with Gasteiger partial charge in [0.25, 0.3) is 0 Å². The molecule has 1 heterocycles. The van der Waals surface area contributed by atoms with E-state index in [4.69, 9.17) is 21.8 Å². The molecule has 2 aromatic carbocycles. The van der Waals surface area contributed by atoms with Crippen molar-refractivity contribution >= 4 is 39.0 Å². The molecule has 4 nitrogen and oxygen atoms in total. The average Bonchev–Trinajstić information content (AvgIpc) is 2.31. The largest absolute Gasteiger partial charge is 0.506 e. The third-order valence-electron chi connectivity index (χ3n) is 2.81. The molecule has 0 aliphatic carbocycles. The van der Waals surface area contributed by atoms with E-state index >= 15 is 0 Å². The zero-order chi connectivity index (χ0) is 12.9. The molecule has 0 bridgehead atoms. The molecule has 3 N–H and O–H groups in total. The first kappa shape index (κ1) is 10.9. The second-order valence-electron chi connectivity index (χ2n) is 3.99. The number of aromatic hydroxyl groups is 1. The molecule has 0 atom stereocenters. The monoisotopic (exact) mass is 261 g/mol. The number of halogens is 1. The van der Waals surface area contributed by atoms with Gasteiger partial charge in [0.05, 0.1) is 10.4 Å². The number of anilines is 1. The zero-order valence-corrected chi connectivity index (χ0v) is 9.86. The standard InChI is InChI=1S/C13H8ClNO3/c14-10-4-8-7-2-1-6(15)3-12(7)18-13(17)9(8)5-11(10)16/h1-5,16H,15H2. The highest BCUT2D eigenvalue weighted by molar-refractivity contribution is 6.33. The predicted octanol–water partition coefficient (Wildman–Crippen LogP) is 2.89. The molecule has 0 radical (unpaired) electrons. The van der Waals surface area contributed by atoms with Crippen LogP contribution >= 0.6 is 11.6 Å². The molecule has 0 aliphatic rings. The van der Waals surface area contributed by atoms with Gasteiger partial charge >= 0.3 is 5.63 Å². The predicted molar refractivity (Wildman–Crippen MR) is 71.1 cm³/mol. The van der Waals surface area contributed by atoms with Crippen LogP contribution in [-0.4, -0.2) is 5.11 Å². The first-order valence-corrected chi connectivity index (χ1v) is 5.58. The molecule has 3 rings (SSSR count). The van der Waals surface area contributed by atoms with E-state index in [1.54, 1.807) is 24.3 Å². The molecular formula is C13H8ClNO3. The van der Waals surface area contributed by atoms with Crippen LogP contribution in [0.3, 0.4) is 0 Å². The summed E-state index contributed by atoms with van der Waals surface area (Å²) in [5, 5.41) is 11.3. The first-order chi connectivity index (χ1) is 8.56. The van der Waals surface area contributed by atoms with Crippen molar-refractivity contribution in [3.63, 3.8) is 0 Å². The van der Waals surface area contributed by atoms with Crippen molar-refractivity contribution in [3.8, 4) is 5.75 Å². The van der Waals surface area contributed by atoms with Gasteiger partial charge in [-0.1, -0.05) is 11.6 Å². The topological polar surface area (TPSA) is 76.5 Å². The number of fused-ring (bicyclic) bond motifs is 3. The lowest BCUT2D eigenvalue weighted by atomic mass is 10.1. The molecule has 5 heteroatoms. The molecule has 0 spiro atoms. The molecule has 0 saturated carbocycles. The summed E-state index contributed by atoms with van der Waals surface area (Å²) >= 11 is 5.86. The number of benzene rings is 2. The van der Waals surface area contributed by atoms with Gasteiger partial charge in [0.1, 0.15) is 11.3 Å². The van der Waals surface area contributed by atoms with Crippen molar-refractivity contribution in [1.82, 2.24) is 0 Å². The highest BCUT2D eigenvalue weighted by Crippen LogP contribution is 2.31. The minimum atomic E-state index is -0.532. The average molecular weight is 262 g/mol. The number of nitrogen functional groups attached to an aromatic ring is 1. The fourth-order valence-electron chi connectivity index (χ4n) is 1.95. The Kier molecular flexibility index (Phi) is 2.21. The van der Waals surface area contributed by atoms with Gasteiger partial charge in [-0.25, -0.2) is 4.79 Å². The summed E-state index contributed by atoms with van der Waals surface area (Å²) in [6.07, 6.45) is 0. The summed E-state index contributed by atoms with van der Waals surface area (Å²) < 4.78 is 5.16. The fourth-order valence-corrected chi connectivity index (χ4v) is 2.12. The maximum atomic E-state index is 11.8. The smallest absolute Gasteiger partial charge is 0.344 e. The van der Waals surface area contributed by atoms with E-state index in [1.807, 2.05) is 0 Å². The van der Waals surface area contributed by atoms with Gasteiger partial charge in [-0.3, -0.25) is 0 Å². The number of hydrogen-bond acceptors (Lipinski definition) is 4. The van der Waals surface area contributed by atoms with Gasteiger partial charge < -0.3 is 15.3 Å². The molecule has 1 aromatic heterocycles. The van der Waals surface area contributed by atoms with Crippen molar-refractivity contribution in [2.75, 3.05) is 5.73 Å². The van der Waals surface area contributed by atoms with Crippen LogP contribution < -0.4 is 11.4 Å². The Bertz CT molecular complexity index is 839. The number of phenols is 1. The van der Waals surface area contributed by atoms with Crippen molar-refractivity contribution in [2.45, 2.75) is 0 Å². The third-order valence-corrected chi connectivity index (χ3v) is 3.11. The van der Waals surface area contributed by atoms with E-state index in [9.17, 15) is 9.90 Å².